The SMILES string of the molecule is CC1CCCCC1Nc1nc2ccc(Cl)cc2s1. The Morgan fingerprint density at radius 3 is 3.00 bits per heavy atom. The molecule has 0 radical (unpaired) electrons. The van der Waals surface area contributed by atoms with Crippen molar-refractivity contribution < 1.29 is 0 Å². The Labute approximate surface area is 116 Å². The van der Waals surface area contributed by atoms with Crippen molar-refractivity contribution >= 4 is 38.3 Å². The predicted octanol–water partition coefficient (Wildman–Crippen LogP) is 4.94. The number of hydrogen-bond donors (Lipinski definition) is 1. The maximum atomic E-state index is 6.00. The van der Waals surface area contributed by atoms with Crippen LogP contribution in [0.5, 0.6) is 0 Å². The van der Waals surface area contributed by atoms with Gasteiger partial charge in [0.15, 0.2) is 5.13 Å². The third-order valence-electron chi connectivity index (χ3n) is 3.77. The summed E-state index contributed by atoms with van der Waals surface area (Å²) in [5.74, 6) is 0.745. The van der Waals surface area contributed by atoms with Crippen LogP contribution in [0.25, 0.3) is 10.2 Å². The van der Waals surface area contributed by atoms with Crippen LogP contribution in [0.1, 0.15) is 32.6 Å². The summed E-state index contributed by atoms with van der Waals surface area (Å²) in [5, 5.41) is 5.42. The van der Waals surface area contributed by atoms with Crippen LogP contribution in [0.3, 0.4) is 0 Å². The standard InChI is InChI=1S/C14H17ClN2S/c1-9-4-2-3-5-11(9)16-14-17-12-7-6-10(15)8-13(12)18-14/h6-9,11H,2-5H2,1H3,(H,16,17). The van der Waals surface area contributed by atoms with E-state index in [4.69, 9.17) is 11.6 Å². The molecule has 96 valence electrons. The van der Waals surface area contributed by atoms with Crippen molar-refractivity contribution in [3.8, 4) is 0 Å². The van der Waals surface area contributed by atoms with E-state index in [1.165, 1.54) is 25.7 Å². The highest BCUT2D eigenvalue weighted by Crippen LogP contribution is 2.32. The number of nitrogens with zero attached hydrogens (tertiary/aromatic N) is 1. The average Bonchev–Trinajstić information content (AvgIpc) is 2.73. The van der Waals surface area contributed by atoms with Crippen molar-refractivity contribution in [1.29, 1.82) is 0 Å². The van der Waals surface area contributed by atoms with Gasteiger partial charge in [-0.25, -0.2) is 4.98 Å². The van der Waals surface area contributed by atoms with Crippen LogP contribution in [0.2, 0.25) is 5.02 Å². The second-order valence-electron chi connectivity index (χ2n) is 5.14. The fraction of sp³-hybridized carbons (Fsp3) is 0.500. The predicted molar refractivity (Wildman–Crippen MR) is 79.7 cm³/mol. The molecule has 3 rings (SSSR count). The van der Waals surface area contributed by atoms with E-state index in [9.17, 15) is 0 Å². The molecule has 4 heteroatoms. The van der Waals surface area contributed by atoms with Crippen molar-refractivity contribution in [2.24, 2.45) is 5.92 Å². The first-order valence-corrected chi connectivity index (χ1v) is 7.74. The molecule has 18 heavy (non-hydrogen) atoms. The van der Waals surface area contributed by atoms with Gasteiger partial charge < -0.3 is 5.32 Å². The molecular formula is C14H17ClN2S. The molecule has 0 aliphatic heterocycles. The van der Waals surface area contributed by atoms with Gasteiger partial charge in [-0.15, -0.1) is 0 Å². The Bertz CT molecular complexity index is 552. The molecule has 2 unspecified atom stereocenters. The molecule has 1 heterocycles. The molecule has 2 atom stereocenters. The van der Waals surface area contributed by atoms with Gasteiger partial charge in [-0.1, -0.05) is 42.7 Å². The summed E-state index contributed by atoms with van der Waals surface area (Å²) >= 11 is 7.70. The van der Waals surface area contributed by atoms with Gasteiger partial charge in [0.25, 0.3) is 0 Å². The number of rotatable bonds is 2. The van der Waals surface area contributed by atoms with Crippen molar-refractivity contribution in [3.05, 3.63) is 23.2 Å². The number of nitrogens with one attached hydrogen (secondary N) is 1. The third kappa shape index (κ3) is 2.47. The lowest BCUT2D eigenvalue weighted by Gasteiger charge is -2.29. The average molecular weight is 281 g/mol. The summed E-state index contributed by atoms with van der Waals surface area (Å²) in [6, 6.07) is 6.46. The number of benzene rings is 1. The molecular weight excluding hydrogens is 264 g/mol. The van der Waals surface area contributed by atoms with E-state index in [1.54, 1.807) is 11.3 Å². The number of halogens is 1. The molecule has 1 aliphatic carbocycles. The molecule has 0 bridgehead atoms. The third-order valence-corrected chi connectivity index (χ3v) is 4.96. The number of thiazole rings is 1. The van der Waals surface area contributed by atoms with Gasteiger partial charge in [-0.3, -0.25) is 0 Å². The second-order valence-corrected chi connectivity index (χ2v) is 6.61. The lowest BCUT2D eigenvalue weighted by molar-refractivity contribution is 0.349. The first-order chi connectivity index (χ1) is 8.72. The van der Waals surface area contributed by atoms with Gasteiger partial charge in [0, 0.05) is 11.1 Å². The molecule has 0 saturated heterocycles. The molecule has 1 aromatic carbocycles. The quantitative estimate of drug-likeness (QED) is 0.843. The first kappa shape index (κ1) is 12.2. The lowest BCUT2D eigenvalue weighted by Crippen LogP contribution is -2.30. The topological polar surface area (TPSA) is 24.9 Å². The second kappa shape index (κ2) is 5.06. The fourth-order valence-electron chi connectivity index (χ4n) is 2.65. The van der Waals surface area contributed by atoms with E-state index in [1.807, 2.05) is 18.2 Å². The summed E-state index contributed by atoms with van der Waals surface area (Å²) in [6.07, 6.45) is 5.29. The van der Waals surface area contributed by atoms with E-state index in [0.29, 0.717) is 6.04 Å². The van der Waals surface area contributed by atoms with Crippen LogP contribution in [0.4, 0.5) is 5.13 Å². The van der Waals surface area contributed by atoms with E-state index in [2.05, 4.69) is 17.2 Å². The van der Waals surface area contributed by atoms with E-state index in [0.717, 1.165) is 26.3 Å². The molecule has 1 N–H and O–H groups in total. The van der Waals surface area contributed by atoms with Gasteiger partial charge in [0.1, 0.15) is 0 Å². The van der Waals surface area contributed by atoms with Gasteiger partial charge >= 0.3 is 0 Å². The van der Waals surface area contributed by atoms with Crippen LogP contribution >= 0.6 is 22.9 Å². The van der Waals surface area contributed by atoms with Crippen LogP contribution in [0.15, 0.2) is 18.2 Å². The summed E-state index contributed by atoms with van der Waals surface area (Å²) < 4.78 is 1.16. The Kier molecular flexibility index (Phi) is 3.44. The summed E-state index contributed by atoms with van der Waals surface area (Å²) in [6.45, 7) is 2.33. The summed E-state index contributed by atoms with van der Waals surface area (Å²) in [7, 11) is 0. The normalized spacial score (nSPS) is 24.3. The summed E-state index contributed by atoms with van der Waals surface area (Å²) in [5.41, 5.74) is 1.04. The van der Waals surface area contributed by atoms with E-state index in [-0.39, 0.29) is 0 Å². The molecule has 0 spiro atoms. The van der Waals surface area contributed by atoms with E-state index < -0.39 is 0 Å². The Morgan fingerprint density at radius 1 is 1.33 bits per heavy atom. The Morgan fingerprint density at radius 2 is 2.17 bits per heavy atom. The highest BCUT2D eigenvalue weighted by atomic mass is 35.5. The first-order valence-electron chi connectivity index (χ1n) is 6.55. The Hall–Kier alpha value is -0.800. The maximum Gasteiger partial charge on any atom is 0.184 e. The van der Waals surface area contributed by atoms with Crippen LogP contribution in [-0.4, -0.2) is 11.0 Å². The minimum absolute atomic E-state index is 0.579. The molecule has 2 nitrogen and oxygen atoms in total. The smallest absolute Gasteiger partial charge is 0.184 e. The zero-order valence-corrected chi connectivity index (χ0v) is 12.0. The molecule has 2 aromatic rings. The monoisotopic (exact) mass is 280 g/mol. The van der Waals surface area contributed by atoms with Gasteiger partial charge in [-0.05, 0) is 37.0 Å². The minimum Gasteiger partial charge on any atom is -0.358 e. The number of hydrogen-bond acceptors (Lipinski definition) is 3. The number of aromatic nitrogens is 1. The molecule has 1 saturated carbocycles. The zero-order chi connectivity index (χ0) is 12.5. The van der Waals surface area contributed by atoms with Crippen molar-refractivity contribution in [2.45, 2.75) is 38.6 Å². The van der Waals surface area contributed by atoms with Crippen LogP contribution < -0.4 is 5.32 Å². The summed E-state index contributed by atoms with van der Waals surface area (Å²) in [4.78, 5) is 4.63. The molecule has 1 fully saturated rings. The zero-order valence-electron chi connectivity index (χ0n) is 10.4. The van der Waals surface area contributed by atoms with Gasteiger partial charge in [-0.2, -0.15) is 0 Å². The van der Waals surface area contributed by atoms with E-state index >= 15 is 0 Å². The lowest BCUT2D eigenvalue weighted by atomic mass is 9.86. The maximum absolute atomic E-state index is 6.00. The minimum atomic E-state index is 0.579. The highest BCUT2D eigenvalue weighted by Gasteiger charge is 2.21. The van der Waals surface area contributed by atoms with Crippen molar-refractivity contribution in [3.63, 3.8) is 0 Å². The van der Waals surface area contributed by atoms with Crippen LogP contribution in [-0.2, 0) is 0 Å². The van der Waals surface area contributed by atoms with Gasteiger partial charge in [0.05, 0.1) is 10.2 Å². The van der Waals surface area contributed by atoms with Crippen LogP contribution in [0, 0.1) is 5.92 Å². The number of anilines is 1. The van der Waals surface area contributed by atoms with Crippen molar-refractivity contribution in [1.82, 2.24) is 4.98 Å². The molecule has 1 aliphatic rings. The molecule has 0 amide bonds. The van der Waals surface area contributed by atoms with Gasteiger partial charge in [0.2, 0.25) is 0 Å². The Balaban J connectivity index is 1.81. The highest BCUT2D eigenvalue weighted by molar-refractivity contribution is 7.22. The van der Waals surface area contributed by atoms with Crippen molar-refractivity contribution in [2.75, 3.05) is 5.32 Å². The largest absolute Gasteiger partial charge is 0.358 e. The fourth-order valence-corrected chi connectivity index (χ4v) is 3.85. The molecule has 1 aromatic heterocycles. The number of fused-ring (bicyclic) bond motifs is 1.